The second-order valence-corrected chi connectivity index (χ2v) is 9.47. The third-order valence-electron chi connectivity index (χ3n) is 5.55. The number of rotatable bonds is 0. The van der Waals surface area contributed by atoms with Crippen molar-refractivity contribution < 1.29 is 0 Å². The second kappa shape index (κ2) is 3.75. The highest BCUT2D eigenvalue weighted by atomic mass is 15.3. The molecular weight excluding hydrogens is 218 g/mol. The zero-order valence-electron chi connectivity index (χ0n) is 13.9. The van der Waals surface area contributed by atoms with Gasteiger partial charge in [-0.2, -0.15) is 0 Å². The average molecular weight is 251 g/mol. The summed E-state index contributed by atoms with van der Waals surface area (Å²) in [4.78, 5) is 2.86. The molecule has 0 aliphatic carbocycles. The van der Waals surface area contributed by atoms with Crippen LogP contribution in [0.2, 0.25) is 0 Å². The highest BCUT2D eigenvalue weighted by Crippen LogP contribution is 2.58. The van der Waals surface area contributed by atoms with Crippen LogP contribution in [0.5, 0.6) is 0 Å². The Morgan fingerprint density at radius 3 is 1.50 bits per heavy atom. The third kappa shape index (κ3) is 2.13. The van der Waals surface area contributed by atoms with Crippen molar-refractivity contribution in [1.29, 1.82) is 0 Å². The molecule has 3 atom stereocenters. The summed E-state index contributed by atoms with van der Waals surface area (Å²) in [5.41, 5.74) is 1.59. The van der Waals surface area contributed by atoms with Crippen molar-refractivity contribution in [1.82, 2.24) is 4.90 Å². The molecular formula is C17H33N. The topological polar surface area (TPSA) is 3.24 Å². The third-order valence-corrected chi connectivity index (χ3v) is 5.55. The molecule has 0 N–H and O–H groups in total. The van der Waals surface area contributed by atoms with E-state index in [2.05, 4.69) is 60.3 Å². The Labute approximate surface area is 114 Å². The quantitative estimate of drug-likeness (QED) is 0.594. The van der Waals surface area contributed by atoms with E-state index in [1.807, 2.05) is 0 Å². The summed E-state index contributed by atoms with van der Waals surface area (Å²) in [6.45, 7) is 19.5. The van der Waals surface area contributed by atoms with Crippen molar-refractivity contribution in [2.45, 2.75) is 97.7 Å². The van der Waals surface area contributed by atoms with E-state index in [1.54, 1.807) is 0 Å². The Hall–Kier alpha value is -0.0400. The van der Waals surface area contributed by atoms with Crippen molar-refractivity contribution in [2.75, 3.05) is 0 Å². The minimum atomic E-state index is 0.294. The maximum absolute atomic E-state index is 2.86. The van der Waals surface area contributed by atoms with E-state index in [1.165, 1.54) is 25.7 Å². The summed E-state index contributed by atoms with van der Waals surface area (Å²) in [5, 5.41) is 0. The normalized spacial score (nSPS) is 42.3. The van der Waals surface area contributed by atoms with Crippen LogP contribution in [-0.2, 0) is 0 Å². The lowest BCUT2D eigenvalue weighted by Gasteiger charge is -2.59. The van der Waals surface area contributed by atoms with Crippen molar-refractivity contribution in [3.8, 4) is 0 Å². The van der Waals surface area contributed by atoms with Gasteiger partial charge in [-0.25, -0.2) is 0 Å². The number of nitrogens with zero attached hydrogens (tertiary/aromatic N) is 1. The van der Waals surface area contributed by atoms with Gasteiger partial charge in [-0.05, 0) is 71.6 Å². The van der Waals surface area contributed by atoms with Gasteiger partial charge in [-0.15, -0.1) is 0 Å². The van der Waals surface area contributed by atoms with Gasteiger partial charge in [0.2, 0.25) is 0 Å². The van der Waals surface area contributed by atoms with Crippen LogP contribution in [0, 0.1) is 11.3 Å². The predicted octanol–water partition coefficient (Wildman–Crippen LogP) is 4.85. The van der Waals surface area contributed by atoms with E-state index in [-0.39, 0.29) is 0 Å². The molecule has 2 fully saturated rings. The first-order valence-electron chi connectivity index (χ1n) is 7.69. The first-order chi connectivity index (χ1) is 7.89. The molecule has 2 rings (SSSR count). The van der Waals surface area contributed by atoms with Crippen molar-refractivity contribution in [3.63, 3.8) is 0 Å². The summed E-state index contributed by atoms with van der Waals surface area (Å²) in [6, 6.07) is 0. The zero-order chi connectivity index (χ0) is 14.0. The Balaban J connectivity index is 2.37. The van der Waals surface area contributed by atoms with Gasteiger partial charge < -0.3 is 0 Å². The number of fused-ring (bicyclic) bond motifs is 2. The van der Waals surface area contributed by atoms with Gasteiger partial charge in [0.25, 0.3) is 0 Å². The minimum Gasteiger partial charge on any atom is -0.288 e. The van der Waals surface area contributed by atoms with Gasteiger partial charge in [0.15, 0.2) is 0 Å². The monoisotopic (exact) mass is 251 g/mol. The Morgan fingerprint density at radius 1 is 0.833 bits per heavy atom. The molecule has 2 saturated heterocycles. The van der Waals surface area contributed by atoms with Crippen LogP contribution in [0.15, 0.2) is 0 Å². The second-order valence-electron chi connectivity index (χ2n) is 9.47. The van der Waals surface area contributed by atoms with Gasteiger partial charge in [-0.1, -0.05) is 20.8 Å². The molecule has 0 amide bonds. The van der Waals surface area contributed by atoms with E-state index in [0.717, 1.165) is 5.92 Å². The van der Waals surface area contributed by atoms with E-state index >= 15 is 0 Å². The summed E-state index contributed by atoms with van der Waals surface area (Å²) < 4.78 is 0. The number of piperidine rings is 1. The molecule has 1 nitrogen and oxygen atoms in total. The van der Waals surface area contributed by atoms with E-state index in [4.69, 9.17) is 0 Å². The van der Waals surface area contributed by atoms with Crippen molar-refractivity contribution >= 4 is 0 Å². The summed E-state index contributed by atoms with van der Waals surface area (Å²) in [5.74, 6) is 0.869. The molecule has 18 heavy (non-hydrogen) atoms. The van der Waals surface area contributed by atoms with Gasteiger partial charge in [-0.3, -0.25) is 4.90 Å². The highest BCUT2D eigenvalue weighted by Gasteiger charge is 2.59. The van der Waals surface area contributed by atoms with Crippen LogP contribution in [0.4, 0.5) is 0 Å². The van der Waals surface area contributed by atoms with Crippen LogP contribution in [0.25, 0.3) is 0 Å². The maximum Gasteiger partial charge on any atom is 0.0195 e. The van der Waals surface area contributed by atoms with Gasteiger partial charge in [0.1, 0.15) is 0 Å². The van der Waals surface area contributed by atoms with E-state index in [0.29, 0.717) is 22.0 Å². The van der Waals surface area contributed by atoms with Gasteiger partial charge in [0.05, 0.1) is 0 Å². The van der Waals surface area contributed by atoms with Crippen LogP contribution in [0.3, 0.4) is 0 Å². The molecule has 1 heteroatoms. The molecule has 2 aliphatic rings. The Bertz CT molecular complexity index is 312. The molecule has 0 aromatic heterocycles. The summed E-state index contributed by atoms with van der Waals surface area (Å²) in [6.07, 6.45) is 5.52. The van der Waals surface area contributed by atoms with Gasteiger partial charge >= 0.3 is 0 Å². The zero-order valence-corrected chi connectivity index (χ0v) is 13.9. The molecule has 2 heterocycles. The minimum absolute atomic E-state index is 0.294. The first kappa shape index (κ1) is 14.4. The standard InChI is InChI=1S/C17H33N/c1-14(2,3)13-11-16(7)9-10-17(8,12-13)18(16)15(4,5)6/h13H,9-12H2,1-8H3/t13?,16-,17+. The molecule has 0 aromatic carbocycles. The Morgan fingerprint density at radius 2 is 1.22 bits per heavy atom. The SMILES string of the molecule is CC(C)(C)C1C[C@]2(C)CC[C@](C)(C1)N2C(C)(C)C. The lowest BCUT2D eigenvalue weighted by Crippen LogP contribution is -2.64. The number of hydrogen-bond acceptors (Lipinski definition) is 1. The van der Waals surface area contributed by atoms with Gasteiger partial charge in [0, 0.05) is 16.6 Å². The smallest absolute Gasteiger partial charge is 0.0195 e. The summed E-state index contributed by atoms with van der Waals surface area (Å²) >= 11 is 0. The molecule has 2 aliphatic heterocycles. The largest absolute Gasteiger partial charge is 0.288 e. The maximum atomic E-state index is 2.86. The van der Waals surface area contributed by atoms with E-state index < -0.39 is 0 Å². The van der Waals surface area contributed by atoms with Crippen LogP contribution in [0.1, 0.15) is 81.1 Å². The Kier molecular flexibility index (Phi) is 2.99. The number of hydrogen-bond donors (Lipinski definition) is 0. The molecule has 0 aromatic rings. The van der Waals surface area contributed by atoms with Crippen LogP contribution in [-0.4, -0.2) is 21.5 Å². The molecule has 106 valence electrons. The lowest BCUT2D eigenvalue weighted by molar-refractivity contribution is -0.0950. The molecule has 0 spiro atoms. The van der Waals surface area contributed by atoms with Crippen molar-refractivity contribution in [2.24, 2.45) is 11.3 Å². The highest BCUT2D eigenvalue weighted by molar-refractivity contribution is 5.14. The van der Waals surface area contributed by atoms with Crippen LogP contribution < -0.4 is 0 Å². The summed E-state index contributed by atoms with van der Waals surface area (Å²) in [7, 11) is 0. The van der Waals surface area contributed by atoms with E-state index in [9.17, 15) is 0 Å². The predicted molar refractivity (Wildman–Crippen MR) is 79.8 cm³/mol. The van der Waals surface area contributed by atoms with Crippen molar-refractivity contribution in [3.05, 3.63) is 0 Å². The fourth-order valence-electron chi connectivity index (χ4n) is 5.17. The molecule has 0 radical (unpaired) electrons. The fourth-order valence-corrected chi connectivity index (χ4v) is 5.17. The average Bonchev–Trinajstić information content (AvgIpc) is 2.27. The molecule has 1 unspecified atom stereocenters. The fraction of sp³-hybridized carbons (Fsp3) is 1.00. The first-order valence-corrected chi connectivity index (χ1v) is 7.69. The lowest BCUT2D eigenvalue weighted by atomic mass is 9.66. The van der Waals surface area contributed by atoms with Crippen LogP contribution >= 0.6 is 0 Å². The molecule has 2 bridgehead atoms. The molecule has 0 saturated carbocycles.